The van der Waals surface area contributed by atoms with Crippen LogP contribution in [0.2, 0.25) is 0 Å². The zero-order valence-corrected chi connectivity index (χ0v) is 31.2. The van der Waals surface area contributed by atoms with Crippen molar-refractivity contribution in [3.05, 3.63) is 87.7 Å². The number of hydrogen-bond donors (Lipinski definition) is 7. The maximum atomic E-state index is 13.8. The Bertz CT molecular complexity index is 2020. The number of rotatable bonds is 12. The Labute approximate surface area is 314 Å². The minimum Gasteiger partial charge on any atom is -0.465 e. The van der Waals surface area contributed by atoms with E-state index < -0.39 is 12.1 Å². The van der Waals surface area contributed by atoms with Crippen molar-refractivity contribution in [2.75, 3.05) is 26.0 Å². The number of H-pyrrole nitrogens is 2. The van der Waals surface area contributed by atoms with Crippen LogP contribution in [0.5, 0.6) is 0 Å². The highest BCUT2D eigenvalue weighted by Crippen LogP contribution is 2.30. The number of hydrogen-bond acceptors (Lipinski definition) is 6. The summed E-state index contributed by atoms with van der Waals surface area (Å²) in [5, 5.41) is 26.3. The normalized spacial score (nSPS) is 20.6. The Morgan fingerprint density at radius 2 is 1.59 bits per heavy atom. The highest BCUT2D eigenvalue weighted by Gasteiger charge is 2.30. The molecule has 2 aliphatic carbocycles. The second kappa shape index (κ2) is 17.1. The van der Waals surface area contributed by atoms with Crippen LogP contribution < -0.4 is 26.8 Å². The van der Waals surface area contributed by atoms with Crippen LogP contribution in [0.4, 0.5) is 10.5 Å². The summed E-state index contributed by atoms with van der Waals surface area (Å²) in [6, 6.07) is 18.4. The smallest absolute Gasteiger partial charge is 0.404 e. The molecule has 7 N–H and O–H groups in total. The quantitative estimate of drug-likeness (QED) is 0.104. The van der Waals surface area contributed by atoms with Crippen molar-refractivity contribution in [3.8, 4) is 11.1 Å². The van der Waals surface area contributed by atoms with Crippen LogP contribution in [-0.2, 0) is 16.0 Å². The van der Waals surface area contributed by atoms with E-state index in [4.69, 9.17) is 5.11 Å². The average Bonchev–Trinajstić information content (AvgIpc) is 3.53. The number of nitrogens with one attached hydrogen (secondary N) is 6. The summed E-state index contributed by atoms with van der Waals surface area (Å²) in [6.07, 6.45) is 5.94. The molecule has 6 rings (SSSR count). The molecule has 0 aliphatic heterocycles. The molecule has 0 unspecified atom stereocenters. The van der Waals surface area contributed by atoms with Crippen LogP contribution in [0.1, 0.15) is 72.9 Å². The summed E-state index contributed by atoms with van der Waals surface area (Å²) < 4.78 is 0. The van der Waals surface area contributed by atoms with Crippen molar-refractivity contribution in [2.45, 2.75) is 82.8 Å². The Balaban J connectivity index is 1.12. The van der Waals surface area contributed by atoms with Crippen molar-refractivity contribution in [1.82, 2.24) is 31.0 Å². The first-order valence-corrected chi connectivity index (χ1v) is 18.9. The molecule has 0 saturated heterocycles. The number of carbonyl (C=O) groups is 4. The van der Waals surface area contributed by atoms with Crippen molar-refractivity contribution >= 4 is 40.4 Å². The van der Waals surface area contributed by atoms with E-state index in [1.54, 1.807) is 18.2 Å². The third-order valence-corrected chi connectivity index (χ3v) is 11.2. The SMILES string of the molecule is Cc1cc(C(=O)NC2CCC(N(C)C)CC2)ccc1-c1ccc(C[C@H](NC(=O)C2CCC(CNC(=O)O)CC2)C(=O)Nc2ccc3c(=O)[nH][nH]c3c2)cc1. The molecule has 1 heterocycles. The Morgan fingerprint density at radius 1 is 0.870 bits per heavy atom. The topological polar surface area (TPSA) is 189 Å². The van der Waals surface area contributed by atoms with Gasteiger partial charge in [0, 0.05) is 42.2 Å². The van der Waals surface area contributed by atoms with Crippen LogP contribution in [0.15, 0.2) is 65.5 Å². The van der Waals surface area contributed by atoms with Crippen LogP contribution in [0.25, 0.3) is 22.0 Å². The van der Waals surface area contributed by atoms with Gasteiger partial charge in [0.05, 0.1) is 10.9 Å². The van der Waals surface area contributed by atoms with Crippen LogP contribution in [0, 0.1) is 18.8 Å². The second-order valence-corrected chi connectivity index (χ2v) is 15.2. The number of aromatic amines is 2. The van der Waals surface area contributed by atoms with E-state index >= 15 is 0 Å². The molecule has 13 nitrogen and oxygen atoms in total. The molecule has 2 aliphatic rings. The maximum Gasteiger partial charge on any atom is 0.404 e. The van der Waals surface area contributed by atoms with E-state index in [0.29, 0.717) is 60.4 Å². The monoisotopic (exact) mass is 737 g/mol. The molecule has 0 spiro atoms. The predicted molar refractivity (Wildman–Crippen MR) is 208 cm³/mol. The minimum atomic E-state index is -1.06. The van der Waals surface area contributed by atoms with Crippen molar-refractivity contribution in [1.29, 1.82) is 0 Å². The zero-order valence-electron chi connectivity index (χ0n) is 31.2. The lowest BCUT2D eigenvalue weighted by atomic mass is 9.81. The summed E-state index contributed by atoms with van der Waals surface area (Å²) in [5.41, 5.74) is 5.21. The molecule has 0 radical (unpaired) electrons. The third kappa shape index (κ3) is 9.56. The third-order valence-electron chi connectivity index (χ3n) is 11.2. The van der Waals surface area contributed by atoms with Gasteiger partial charge < -0.3 is 31.3 Å². The Kier molecular flexibility index (Phi) is 12.2. The molecule has 2 fully saturated rings. The highest BCUT2D eigenvalue weighted by atomic mass is 16.4. The number of aromatic nitrogens is 2. The molecule has 4 amide bonds. The molecule has 3 aromatic carbocycles. The number of nitrogens with zero attached hydrogens (tertiary/aromatic N) is 1. The zero-order chi connectivity index (χ0) is 38.4. The van der Waals surface area contributed by atoms with E-state index in [1.807, 2.05) is 49.4 Å². The van der Waals surface area contributed by atoms with E-state index in [1.165, 1.54) is 0 Å². The minimum absolute atomic E-state index is 0.0517. The van der Waals surface area contributed by atoms with Crippen LogP contribution in [0.3, 0.4) is 0 Å². The van der Waals surface area contributed by atoms with Gasteiger partial charge in [-0.3, -0.25) is 29.4 Å². The number of carboxylic acid groups (broad SMARTS) is 1. The molecule has 286 valence electrons. The summed E-state index contributed by atoms with van der Waals surface area (Å²) in [6.45, 7) is 2.35. The molecule has 13 heteroatoms. The second-order valence-electron chi connectivity index (χ2n) is 15.2. The van der Waals surface area contributed by atoms with Gasteiger partial charge in [0.25, 0.3) is 11.5 Å². The largest absolute Gasteiger partial charge is 0.465 e. The first-order valence-electron chi connectivity index (χ1n) is 18.9. The summed E-state index contributed by atoms with van der Waals surface area (Å²) in [4.78, 5) is 65.6. The number of fused-ring (bicyclic) bond motifs is 1. The summed E-state index contributed by atoms with van der Waals surface area (Å²) in [5.74, 6) is -0.754. The van der Waals surface area contributed by atoms with Gasteiger partial charge >= 0.3 is 6.09 Å². The number of carbonyl (C=O) groups excluding carboxylic acids is 3. The lowest BCUT2D eigenvalue weighted by Gasteiger charge is -2.33. The van der Waals surface area contributed by atoms with Gasteiger partial charge in [-0.1, -0.05) is 30.3 Å². The number of aryl methyl sites for hydroxylation is 1. The number of anilines is 1. The number of amides is 4. The summed E-state index contributed by atoms with van der Waals surface area (Å²) >= 11 is 0. The average molecular weight is 738 g/mol. The van der Waals surface area contributed by atoms with Gasteiger partial charge in [-0.25, -0.2) is 4.79 Å². The summed E-state index contributed by atoms with van der Waals surface area (Å²) in [7, 11) is 4.22. The molecule has 1 atom stereocenters. The Morgan fingerprint density at radius 3 is 2.26 bits per heavy atom. The Hall–Kier alpha value is -5.43. The van der Waals surface area contributed by atoms with E-state index in [-0.39, 0.29) is 47.6 Å². The van der Waals surface area contributed by atoms with Gasteiger partial charge in [-0.2, -0.15) is 0 Å². The molecular weight excluding hydrogens is 686 g/mol. The molecule has 1 aromatic heterocycles. The standard InChI is InChI=1S/C41H51N7O6/c1-24-20-29(38(50)43-30-13-16-32(17-14-30)48(2)3)12-18-33(24)27-8-4-25(5-9-27)21-36(40(52)44-31-15-19-34-35(22-31)46-47-39(34)51)45-37(49)28-10-6-26(7-11-28)23-42-41(53)54/h4-5,8-9,12,15,18-20,22,26,28,30,32,36,42H,6-7,10-11,13-14,16-17,21,23H2,1-3H3,(H,43,50)(H,44,52)(H,45,49)(H,53,54)(H2,46,47,51)/t26?,28?,30?,32?,36-/m0/s1. The van der Waals surface area contributed by atoms with Gasteiger partial charge in [-0.15, -0.1) is 0 Å². The van der Waals surface area contributed by atoms with E-state index in [0.717, 1.165) is 47.9 Å². The number of benzene rings is 3. The first-order chi connectivity index (χ1) is 25.9. The molecule has 54 heavy (non-hydrogen) atoms. The molecule has 2 saturated carbocycles. The molecular formula is C41H51N7O6. The van der Waals surface area contributed by atoms with E-state index in [2.05, 4.69) is 50.5 Å². The maximum absolute atomic E-state index is 13.8. The van der Waals surface area contributed by atoms with Crippen molar-refractivity contribution < 1.29 is 24.3 Å². The lowest BCUT2D eigenvalue weighted by Crippen LogP contribution is -2.48. The molecule has 0 bridgehead atoms. The highest BCUT2D eigenvalue weighted by molar-refractivity contribution is 5.99. The fourth-order valence-corrected chi connectivity index (χ4v) is 7.89. The van der Waals surface area contributed by atoms with E-state index in [9.17, 15) is 24.0 Å². The van der Waals surface area contributed by atoms with Crippen molar-refractivity contribution in [3.63, 3.8) is 0 Å². The van der Waals surface area contributed by atoms with Gasteiger partial charge in [-0.05, 0) is 131 Å². The first kappa shape index (κ1) is 38.3. The van der Waals surface area contributed by atoms with Crippen molar-refractivity contribution in [2.24, 2.45) is 11.8 Å². The van der Waals surface area contributed by atoms with Gasteiger partial charge in [0.15, 0.2) is 0 Å². The van der Waals surface area contributed by atoms with Crippen LogP contribution >= 0.6 is 0 Å². The fraction of sp³-hybridized carbons (Fsp3) is 0.439. The lowest BCUT2D eigenvalue weighted by molar-refractivity contribution is -0.130. The van der Waals surface area contributed by atoms with Gasteiger partial charge in [0.1, 0.15) is 6.04 Å². The van der Waals surface area contributed by atoms with Crippen LogP contribution in [-0.4, -0.2) is 82.8 Å². The molecule has 4 aromatic rings. The predicted octanol–water partition coefficient (Wildman–Crippen LogP) is 5.17. The fourth-order valence-electron chi connectivity index (χ4n) is 7.89. The van der Waals surface area contributed by atoms with Gasteiger partial charge in [0.2, 0.25) is 11.8 Å².